The molecular formula is C34H55N4O11PS. The Morgan fingerprint density at radius 3 is 1.88 bits per heavy atom. The van der Waals surface area contributed by atoms with E-state index in [1.165, 1.54) is 0 Å². The van der Waals surface area contributed by atoms with E-state index in [1.54, 1.807) is 59.7 Å². The molecule has 2 rings (SSSR count). The van der Waals surface area contributed by atoms with Gasteiger partial charge in [-0.2, -0.15) is 0 Å². The summed E-state index contributed by atoms with van der Waals surface area (Å²) in [6.45, 7) is 9.65. The van der Waals surface area contributed by atoms with Crippen LogP contribution in [0.15, 0.2) is 46.3 Å². The molecule has 0 spiro atoms. The van der Waals surface area contributed by atoms with E-state index in [0.717, 1.165) is 11.1 Å². The number of aliphatic hydroxyl groups is 1. The number of guanidine groups is 1. The van der Waals surface area contributed by atoms with Crippen molar-refractivity contribution in [1.29, 1.82) is 0 Å². The normalized spacial score (nSPS) is 13.3. The number of ether oxygens (including phenoxy) is 2. The number of alkyl carbamates (subject to hydrolysis) is 2. The highest BCUT2D eigenvalue weighted by molar-refractivity contribution is 7.91. The van der Waals surface area contributed by atoms with Crippen LogP contribution < -0.4 is 15.5 Å². The summed E-state index contributed by atoms with van der Waals surface area (Å²) in [5, 5.41) is 15.5. The molecule has 1 unspecified atom stereocenters. The summed E-state index contributed by atoms with van der Waals surface area (Å²) in [5.41, 5.74) is -0.608. The van der Waals surface area contributed by atoms with Crippen molar-refractivity contribution >= 4 is 52.3 Å². The lowest BCUT2D eigenvalue weighted by Gasteiger charge is -2.22. The summed E-state index contributed by atoms with van der Waals surface area (Å²) < 4.78 is 66.3. The van der Waals surface area contributed by atoms with Crippen LogP contribution in [0.25, 0.3) is 10.8 Å². The Morgan fingerprint density at radius 1 is 0.784 bits per heavy atom. The molecule has 2 amide bonds. The van der Waals surface area contributed by atoms with E-state index in [1.807, 2.05) is 37.2 Å². The average Bonchev–Trinajstić information content (AvgIpc) is 3.01. The summed E-state index contributed by atoms with van der Waals surface area (Å²) in [5.74, 6) is -0.354. The molecule has 0 heterocycles. The second kappa shape index (κ2) is 20.1. The maximum Gasteiger partial charge on any atom is 0.474 e. The first kappa shape index (κ1) is 43.9. The van der Waals surface area contributed by atoms with Crippen molar-refractivity contribution < 1.29 is 50.7 Å². The topological polar surface area (TPSA) is 191 Å². The van der Waals surface area contributed by atoms with Gasteiger partial charge >= 0.3 is 20.0 Å². The number of unbranched alkanes of at least 4 members (excludes halogenated alkanes) is 3. The van der Waals surface area contributed by atoms with Crippen molar-refractivity contribution in [3.05, 3.63) is 36.4 Å². The van der Waals surface area contributed by atoms with Gasteiger partial charge in [0, 0.05) is 37.1 Å². The molecule has 0 aliphatic carbocycles. The standard InChI is InChI=1S/C34H55N4O11PS/c1-33(2,3)48-31(40)36-30(37-32(41)49-34(4,5)6)35-20-11-9-10-12-22-45-50(42,47-24-21-39)46-23-15-25-51(43,44)29-19-14-16-26-27(29)17-13-18-28(26)38(7)8/h13-14,16-19,39H,9-12,15,20-25H2,1-8H3,(H2,35,36,37,40,41). The zero-order chi connectivity index (χ0) is 38.3. The quantitative estimate of drug-likeness (QED) is 0.0678. The number of benzene rings is 2. The molecule has 288 valence electrons. The van der Waals surface area contributed by atoms with Crippen molar-refractivity contribution in [3.63, 3.8) is 0 Å². The lowest BCUT2D eigenvalue weighted by Crippen LogP contribution is -2.47. The van der Waals surface area contributed by atoms with E-state index in [0.29, 0.717) is 31.1 Å². The maximum atomic E-state index is 13.3. The van der Waals surface area contributed by atoms with Gasteiger partial charge in [0.15, 0.2) is 9.84 Å². The molecular weight excluding hydrogens is 703 g/mol. The van der Waals surface area contributed by atoms with Crippen LogP contribution in [0.5, 0.6) is 0 Å². The molecule has 0 radical (unpaired) electrons. The lowest BCUT2D eigenvalue weighted by molar-refractivity contribution is 0.0544. The number of hydrogen-bond acceptors (Lipinski definition) is 13. The lowest BCUT2D eigenvalue weighted by atomic mass is 10.1. The first-order chi connectivity index (χ1) is 23.8. The van der Waals surface area contributed by atoms with Gasteiger partial charge in [-0.15, -0.1) is 0 Å². The predicted molar refractivity (Wildman–Crippen MR) is 197 cm³/mol. The van der Waals surface area contributed by atoms with Gasteiger partial charge in [0.05, 0.1) is 37.1 Å². The van der Waals surface area contributed by atoms with Gasteiger partial charge < -0.3 is 19.5 Å². The van der Waals surface area contributed by atoms with Gasteiger partial charge in [0.25, 0.3) is 0 Å². The van der Waals surface area contributed by atoms with Crippen molar-refractivity contribution in [1.82, 2.24) is 10.6 Å². The Morgan fingerprint density at radius 2 is 1.31 bits per heavy atom. The fourth-order valence-electron chi connectivity index (χ4n) is 4.57. The van der Waals surface area contributed by atoms with Crippen LogP contribution in [0.4, 0.5) is 15.3 Å². The van der Waals surface area contributed by atoms with Gasteiger partial charge in [-0.25, -0.2) is 22.6 Å². The molecule has 1 atom stereocenters. The number of amides is 2. The van der Waals surface area contributed by atoms with Crippen molar-refractivity contribution in [2.45, 2.75) is 89.7 Å². The molecule has 17 heteroatoms. The fraction of sp³-hybridized carbons (Fsp3) is 0.618. The second-order valence-corrected chi connectivity index (χ2v) is 17.5. The highest BCUT2D eigenvalue weighted by atomic mass is 32.2. The van der Waals surface area contributed by atoms with Gasteiger partial charge in [-0.3, -0.25) is 29.2 Å². The molecule has 0 bridgehead atoms. The number of rotatable bonds is 18. The summed E-state index contributed by atoms with van der Waals surface area (Å²) in [6, 6.07) is 10.7. The van der Waals surface area contributed by atoms with Crippen LogP contribution in [-0.4, -0.2) is 95.7 Å². The molecule has 0 saturated carbocycles. The van der Waals surface area contributed by atoms with Gasteiger partial charge in [0.1, 0.15) is 11.2 Å². The van der Waals surface area contributed by atoms with Gasteiger partial charge in [-0.05, 0) is 72.9 Å². The van der Waals surface area contributed by atoms with Crippen molar-refractivity contribution in [3.8, 4) is 0 Å². The molecule has 51 heavy (non-hydrogen) atoms. The molecule has 0 aliphatic heterocycles. The number of hydrogen-bond donors (Lipinski definition) is 3. The minimum Gasteiger partial charge on any atom is -0.444 e. The number of nitrogens with zero attached hydrogens (tertiary/aromatic N) is 2. The smallest absolute Gasteiger partial charge is 0.444 e. The molecule has 0 saturated heterocycles. The van der Waals surface area contributed by atoms with E-state index < -0.39 is 47.7 Å². The minimum absolute atomic E-state index is 0.0279. The largest absolute Gasteiger partial charge is 0.474 e. The van der Waals surface area contributed by atoms with Crippen LogP contribution in [0.2, 0.25) is 0 Å². The molecule has 2 aromatic rings. The van der Waals surface area contributed by atoms with Crippen LogP contribution in [0, 0.1) is 0 Å². The Kier molecular flexibility index (Phi) is 17.3. The Labute approximate surface area is 301 Å². The number of phosphoric acid groups is 1. The number of carbonyl (C=O) groups excluding carboxylic acids is 2. The zero-order valence-electron chi connectivity index (χ0n) is 31.0. The maximum absolute atomic E-state index is 13.3. The van der Waals surface area contributed by atoms with E-state index in [2.05, 4.69) is 15.6 Å². The number of fused-ring (bicyclic) bond motifs is 1. The first-order valence-electron chi connectivity index (χ1n) is 16.9. The molecule has 0 aromatic heterocycles. The highest BCUT2D eigenvalue weighted by Crippen LogP contribution is 2.49. The predicted octanol–water partition coefficient (Wildman–Crippen LogP) is 6.19. The third-order valence-corrected chi connectivity index (χ3v) is 9.98. The monoisotopic (exact) mass is 758 g/mol. The Hall–Kier alpha value is -3.27. The van der Waals surface area contributed by atoms with E-state index in [9.17, 15) is 27.7 Å². The summed E-state index contributed by atoms with van der Waals surface area (Å²) in [6.07, 6.45) is 0.891. The third kappa shape index (κ3) is 16.7. The average molecular weight is 759 g/mol. The van der Waals surface area contributed by atoms with Crippen LogP contribution >= 0.6 is 7.82 Å². The van der Waals surface area contributed by atoms with Crippen LogP contribution in [0.3, 0.4) is 0 Å². The highest BCUT2D eigenvalue weighted by Gasteiger charge is 2.27. The molecule has 0 fully saturated rings. The molecule has 3 N–H and O–H groups in total. The molecule has 15 nitrogen and oxygen atoms in total. The fourth-order valence-corrected chi connectivity index (χ4v) is 7.32. The summed E-state index contributed by atoms with van der Waals surface area (Å²) >= 11 is 0. The number of nitrogens with one attached hydrogen (secondary N) is 2. The molecule has 0 aliphatic rings. The zero-order valence-corrected chi connectivity index (χ0v) is 32.7. The second-order valence-electron chi connectivity index (χ2n) is 13.8. The van der Waals surface area contributed by atoms with Crippen molar-refractivity contribution in [2.75, 3.05) is 57.7 Å². The molecule has 2 aromatic carbocycles. The Bertz CT molecular complexity index is 1590. The van der Waals surface area contributed by atoms with E-state index in [-0.39, 0.29) is 49.4 Å². The third-order valence-electron chi connectivity index (χ3n) is 6.63. The Balaban J connectivity index is 1.86. The SMILES string of the molecule is CN(C)c1cccc2c(S(=O)(=O)CCCOP(=O)(OCCO)OCCCCCCN=C(NC(=O)OC(C)(C)C)NC(=O)OC(C)(C)C)cccc12. The summed E-state index contributed by atoms with van der Waals surface area (Å²) in [7, 11) is -3.98. The minimum atomic E-state index is -4.07. The van der Waals surface area contributed by atoms with Crippen molar-refractivity contribution in [2.24, 2.45) is 4.99 Å². The number of aliphatic imine (C=N–C) groups is 1. The number of aliphatic hydroxyl groups excluding tert-OH is 1. The van der Waals surface area contributed by atoms with E-state index >= 15 is 0 Å². The number of sulfone groups is 1. The van der Waals surface area contributed by atoms with Gasteiger partial charge in [-0.1, -0.05) is 37.1 Å². The number of anilines is 1. The van der Waals surface area contributed by atoms with E-state index in [4.69, 9.17) is 23.0 Å². The number of carbonyl (C=O) groups is 2. The first-order valence-corrected chi connectivity index (χ1v) is 20.0. The van der Waals surface area contributed by atoms with Crippen LogP contribution in [-0.2, 0) is 37.4 Å². The van der Waals surface area contributed by atoms with Crippen LogP contribution in [0.1, 0.15) is 73.6 Å². The summed E-state index contributed by atoms with van der Waals surface area (Å²) in [4.78, 5) is 30.9. The number of phosphoric ester groups is 1. The van der Waals surface area contributed by atoms with Gasteiger partial charge in [0.2, 0.25) is 5.96 Å².